The topological polar surface area (TPSA) is 228 Å². The SMILES string of the molecule is CC/C=C\C/C=C\C/C=C\C/C=C\CCCCCCCCCCC(=O)NC(COC1OC(CO)C(OC2OC(CO)C(O)C(O)C2O)C(O)C1O)C(O)/C=C/CC/C=C/CCCCCCCCCCCCCCCCC. The van der Waals surface area contributed by atoms with Crippen molar-refractivity contribution in [2.75, 3.05) is 19.8 Å². The second kappa shape index (κ2) is 47.3. The first-order valence-corrected chi connectivity index (χ1v) is 30.2. The predicted molar refractivity (Wildman–Crippen MR) is 304 cm³/mol. The number of amides is 1. The Morgan fingerprint density at radius 2 is 0.921 bits per heavy atom. The van der Waals surface area contributed by atoms with Gasteiger partial charge in [-0.2, -0.15) is 0 Å². The third-order valence-corrected chi connectivity index (χ3v) is 14.4. The summed E-state index contributed by atoms with van der Waals surface area (Å²) in [5, 5.41) is 87.1. The van der Waals surface area contributed by atoms with Gasteiger partial charge in [-0.05, 0) is 70.6 Å². The predicted octanol–water partition coefficient (Wildman–Crippen LogP) is 10.3. The van der Waals surface area contributed by atoms with Gasteiger partial charge in [0, 0.05) is 6.42 Å². The van der Waals surface area contributed by atoms with Crippen molar-refractivity contribution in [2.24, 2.45) is 0 Å². The zero-order chi connectivity index (χ0) is 55.3. The first-order chi connectivity index (χ1) is 37.1. The Labute approximate surface area is 459 Å². The summed E-state index contributed by atoms with van der Waals surface area (Å²) in [7, 11) is 0. The van der Waals surface area contributed by atoms with E-state index in [0.29, 0.717) is 12.8 Å². The van der Waals surface area contributed by atoms with Gasteiger partial charge >= 0.3 is 0 Å². The van der Waals surface area contributed by atoms with Crippen LogP contribution in [0.2, 0.25) is 0 Å². The molecule has 2 aliphatic heterocycles. The fourth-order valence-electron chi connectivity index (χ4n) is 9.53. The number of rotatable bonds is 47. The van der Waals surface area contributed by atoms with Crippen LogP contribution in [0.4, 0.5) is 0 Å². The highest BCUT2D eigenvalue weighted by atomic mass is 16.7. The molecule has 0 bridgehead atoms. The van der Waals surface area contributed by atoms with Gasteiger partial charge in [-0.3, -0.25) is 4.79 Å². The fourth-order valence-corrected chi connectivity index (χ4v) is 9.53. The van der Waals surface area contributed by atoms with Crippen molar-refractivity contribution in [1.82, 2.24) is 5.32 Å². The minimum atomic E-state index is -1.79. The molecule has 0 aromatic heterocycles. The van der Waals surface area contributed by atoms with E-state index in [-0.39, 0.29) is 18.9 Å². The van der Waals surface area contributed by atoms with Gasteiger partial charge in [0.2, 0.25) is 5.91 Å². The van der Waals surface area contributed by atoms with Gasteiger partial charge in [0.1, 0.15) is 48.8 Å². The molecule has 440 valence electrons. The summed E-state index contributed by atoms with van der Waals surface area (Å²) in [6.45, 7) is 2.67. The monoisotopic (exact) mass is 1080 g/mol. The molecule has 2 saturated heterocycles. The number of hydrogen-bond donors (Lipinski definition) is 9. The Bertz CT molecular complexity index is 1550. The molecule has 2 aliphatic rings. The van der Waals surface area contributed by atoms with Gasteiger partial charge in [0.25, 0.3) is 0 Å². The van der Waals surface area contributed by atoms with E-state index in [2.05, 4.69) is 79.9 Å². The average Bonchev–Trinajstić information content (AvgIpc) is 3.42. The van der Waals surface area contributed by atoms with Crippen molar-refractivity contribution in [3.63, 3.8) is 0 Å². The Morgan fingerprint density at radius 1 is 0.487 bits per heavy atom. The van der Waals surface area contributed by atoms with Crippen LogP contribution >= 0.6 is 0 Å². The van der Waals surface area contributed by atoms with E-state index in [4.69, 9.17) is 18.9 Å². The number of nitrogens with one attached hydrogen (secondary N) is 1. The van der Waals surface area contributed by atoms with Crippen molar-refractivity contribution in [3.05, 3.63) is 72.9 Å². The van der Waals surface area contributed by atoms with Crippen LogP contribution in [-0.2, 0) is 23.7 Å². The van der Waals surface area contributed by atoms with E-state index in [1.807, 2.05) is 6.08 Å². The molecule has 0 spiro atoms. The van der Waals surface area contributed by atoms with E-state index >= 15 is 0 Å². The summed E-state index contributed by atoms with van der Waals surface area (Å²) in [4.78, 5) is 13.3. The Hall–Kier alpha value is -2.57. The van der Waals surface area contributed by atoms with Gasteiger partial charge in [0.15, 0.2) is 12.6 Å². The largest absolute Gasteiger partial charge is 0.394 e. The molecular weight excluding hydrogens is 967 g/mol. The summed E-state index contributed by atoms with van der Waals surface area (Å²) in [6, 6.07) is -0.940. The van der Waals surface area contributed by atoms with Crippen LogP contribution < -0.4 is 5.32 Å². The minimum absolute atomic E-state index is 0.259. The van der Waals surface area contributed by atoms with E-state index in [1.165, 1.54) is 116 Å². The summed E-state index contributed by atoms with van der Waals surface area (Å²) in [5.41, 5.74) is 0. The molecule has 9 N–H and O–H groups in total. The summed E-state index contributed by atoms with van der Waals surface area (Å²) in [6.07, 6.45) is 45.1. The average molecular weight is 1080 g/mol. The highest BCUT2D eigenvalue weighted by molar-refractivity contribution is 5.76. The third kappa shape index (κ3) is 32.5. The molecule has 0 aromatic carbocycles. The van der Waals surface area contributed by atoms with Crippen LogP contribution in [0.25, 0.3) is 0 Å². The van der Waals surface area contributed by atoms with Crippen molar-refractivity contribution >= 4 is 5.91 Å². The number of unbranched alkanes of at least 4 members (excludes halogenated alkanes) is 24. The number of aliphatic hydroxyl groups is 8. The van der Waals surface area contributed by atoms with E-state index in [1.54, 1.807) is 6.08 Å². The molecule has 14 nitrogen and oxygen atoms in total. The Balaban J connectivity index is 1.79. The van der Waals surface area contributed by atoms with Crippen LogP contribution in [-0.4, -0.2) is 140 Å². The van der Waals surface area contributed by atoms with E-state index < -0.39 is 86.8 Å². The zero-order valence-corrected chi connectivity index (χ0v) is 47.2. The van der Waals surface area contributed by atoms with Crippen molar-refractivity contribution < 1.29 is 64.6 Å². The lowest BCUT2D eigenvalue weighted by Gasteiger charge is -2.46. The molecule has 0 saturated carbocycles. The maximum atomic E-state index is 13.3. The molecule has 0 aromatic rings. The lowest BCUT2D eigenvalue weighted by molar-refractivity contribution is -0.359. The zero-order valence-electron chi connectivity index (χ0n) is 47.2. The highest BCUT2D eigenvalue weighted by Gasteiger charge is 2.51. The van der Waals surface area contributed by atoms with Crippen molar-refractivity contribution in [2.45, 2.75) is 293 Å². The van der Waals surface area contributed by atoms with Crippen LogP contribution in [0, 0.1) is 0 Å². The molecule has 14 heteroatoms. The van der Waals surface area contributed by atoms with Gasteiger partial charge in [-0.25, -0.2) is 0 Å². The van der Waals surface area contributed by atoms with Crippen LogP contribution in [0.3, 0.4) is 0 Å². The van der Waals surface area contributed by atoms with Gasteiger partial charge in [-0.1, -0.05) is 215 Å². The third-order valence-electron chi connectivity index (χ3n) is 14.4. The van der Waals surface area contributed by atoms with Crippen LogP contribution in [0.5, 0.6) is 0 Å². The normalized spacial score (nSPS) is 25.4. The Kier molecular flexibility index (Phi) is 43.2. The first kappa shape index (κ1) is 69.5. The maximum absolute atomic E-state index is 13.3. The van der Waals surface area contributed by atoms with Crippen LogP contribution in [0.15, 0.2) is 72.9 Å². The number of carbonyl (C=O) groups is 1. The molecular formula is C62H109NO13. The smallest absolute Gasteiger partial charge is 0.220 e. The second-order valence-corrected chi connectivity index (χ2v) is 21.1. The number of ether oxygens (including phenoxy) is 4. The quantitative estimate of drug-likeness (QED) is 0.0204. The lowest BCUT2D eigenvalue weighted by atomic mass is 9.97. The molecule has 0 radical (unpaired) electrons. The molecule has 12 unspecified atom stereocenters. The molecule has 2 rings (SSSR count). The van der Waals surface area contributed by atoms with Gasteiger partial charge < -0.3 is 65.1 Å². The molecule has 2 fully saturated rings. The summed E-state index contributed by atoms with van der Waals surface area (Å²) >= 11 is 0. The summed E-state index contributed by atoms with van der Waals surface area (Å²) in [5.74, 6) is -0.259. The first-order valence-electron chi connectivity index (χ1n) is 30.2. The van der Waals surface area contributed by atoms with Crippen molar-refractivity contribution in [1.29, 1.82) is 0 Å². The standard InChI is InChI=1S/C62H109NO13/c1-3-5-7-9-11-13-15-17-19-21-23-25-27-29-31-33-35-37-39-41-43-45-51(66)50(49-73-61-59(72)57(70)60(53(48-65)75-61)76-62-58(71)56(69)55(68)52(47-64)74-62)63-54(67)46-44-42-40-38-36-34-32-30-28-26-24-22-20-18-16-14-12-10-8-6-4-2/h6,8,12,14,18,20,24,26,35,37,43,45,50-53,55-62,64-66,68-72H,3-5,7,9-11,13,15-17,19,21-23,25,27-34,36,38-42,44,46-49H2,1-2H3,(H,63,67)/b8-6-,14-12-,20-18-,26-24-,37-35+,45-43+. The molecule has 76 heavy (non-hydrogen) atoms. The summed E-state index contributed by atoms with van der Waals surface area (Å²) < 4.78 is 22.8. The second-order valence-electron chi connectivity index (χ2n) is 21.1. The van der Waals surface area contributed by atoms with E-state index in [0.717, 1.165) is 70.6 Å². The molecule has 0 aliphatic carbocycles. The number of allylic oxidation sites excluding steroid dienone is 11. The molecule has 2 heterocycles. The lowest BCUT2D eigenvalue weighted by Crippen LogP contribution is -2.65. The van der Waals surface area contributed by atoms with Gasteiger partial charge in [-0.15, -0.1) is 0 Å². The number of carbonyl (C=O) groups excluding carboxylic acids is 1. The molecule has 12 atom stereocenters. The maximum Gasteiger partial charge on any atom is 0.220 e. The van der Waals surface area contributed by atoms with E-state index in [9.17, 15) is 45.6 Å². The number of hydrogen-bond acceptors (Lipinski definition) is 13. The van der Waals surface area contributed by atoms with Gasteiger partial charge in [0.05, 0.1) is 32.0 Å². The minimum Gasteiger partial charge on any atom is -0.394 e. The van der Waals surface area contributed by atoms with Crippen molar-refractivity contribution in [3.8, 4) is 0 Å². The van der Waals surface area contributed by atoms with Crippen LogP contribution in [0.1, 0.15) is 219 Å². The Morgan fingerprint density at radius 3 is 1.45 bits per heavy atom. The molecule has 1 amide bonds. The number of aliphatic hydroxyl groups excluding tert-OH is 8. The fraction of sp³-hybridized carbons (Fsp3) is 0.790. The highest BCUT2D eigenvalue weighted by Crippen LogP contribution is 2.30.